The molecule has 0 spiro atoms. The highest BCUT2D eigenvalue weighted by atomic mass is 79.9. The molecule has 5 heteroatoms. The van der Waals surface area contributed by atoms with E-state index in [9.17, 15) is 0 Å². The number of benzene rings is 2. The van der Waals surface area contributed by atoms with Crippen molar-refractivity contribution < 1.29 is 4.52 Å². The monoisotopic (exact) mass is 343 g/mol. The Bertz CT molecular complexity index is 783. The number of hydrogen-bond donors (Lipinski definition) is 1. The molecule has 0 unspecified atom stereocenters. The lowest BCUT2D eigenvalue weighted by Crippen LogP contribution is -1.95. The molecule has 106 valence electrons. The summed E-state index contributed by atoms with van der Waals surface area (Å²) in [4.78, 5) is 4.47. The fourth-order valence-electron chi connectivity index (χ4n) is 2.08. The Balaban J connectivity index is 1.99. The molecule has 4 nitrogen and oxygen atoms in total. The van der Waals surface area contributed by atoms with Crippen LogP contribution in [0.2, 0.25) is 0 Å². The molecule has 3 aromatic rings. The maximum atomic E-state index is 5.65. The first kappa shape index (κ1) is 14.0. The second kappa shape index (κ2) is 5.79. The fourth-order valence-corrected chi connectivity index (χ4v) is 2.75. The Morgan fingerprint density at radius 1 is 1.19 bits per heavy atom. The van der Waals surface area contributed by atoms with E-state index in [1.165, 1.54) is 5.56 Å². The molecule has 2 N–H and O–H groups in total. The van der Waals surface area contributed by atoms with Gasteiger partial charge >= 0.3 is 0 Å². The summed E-state index contributed by atoms with van der Waals surface area (Å²) in [6, 6.07) is 13.8. The van der Waals surface area contributed by atoms with Crippen LogP contribution in [0.25, 0.3) is 22.8 Å². The molecule has 1 aromatic heterocycles. The smallest absolute Gasteiger partial charge is 0.258 e. The van der Waals surface area contributed by atoms with Gasteiger partial charge in [-0.25, -0.2) is 0 Å². The summed E-state index contributed by atoms with van der Waals surface area (Å²) >= 11 is 3.53. The highest BCUT2D eigenvalue weighted by Crippen LogP contribution is 2.29. The van der Waals surface area contributed by atoms with Gasteiger partial charge in [-0.3, -0.25) is 0 Å². The average Bonchev–Trinajstić information content (AvgIpc) is 2.97. The Hall–Kier alpha value is -1.98. The van der Waals surface area contributed by atoms with Gasteiger partial charge in [-0.15, -0.1) is 0 Å². The average molecular weight is 344 g/mol. The second-order valence-corrected chi connectivity index (χ2v) is 5.67. The molecule has 2 aromatic carbocycles. The zero-order valence-corrected chi connectivity index (χ0v) is 13.1. The van der Waals surface area contributed by atoms with Gasteiger partial charge in [0.2, 0.25) is 5.82 Å². The zero-order valence-electron chi connectivity index (χ0n) is 11.5. The van der Waals surface area contributed by atoms with Gasteiger partial charge in [-0.2, -0.15) is 4.98 Å². The summed E-state index contributed by atoms with van der Waals surface area (Å²) in [6.07, 6.45) is 0. The molecule has 0 saturated carbocycles. The van der Waals surface area contributed by atoms with Crippen LogP contribution in [-0.4, -0.2) is 10.1 Å². The standard InChI is InChI=1S/C16H14BrN3O/c1-10-5-6-13(14(17)7-10)15-19-16(21-20-15)12-4-2-3-11(8-12)9-18/h2-8H,9,18H2,1H3. The highest BCUT2D eigenvalue weighted by Gasteiger charge is 2.13. The highest BCUT2D eigenvalue weighted by molar-refractivity contribution is 9.10. The minimum atomic E-state index is 0.484. The van der Waals surface area contributed by atoms with E-state index >= 15 is 0 Å². The molecule has 0 atom stereocenters. The van der Waals surface area contributed by atoms with Gasteiger partial charge in [-0.05, 0) is 42.3 Å². The van der Waals surface area contributed by atoms with Gasteiger partial charge in [-0.1, -0.05) is 39.3 Å². The summed E-state index contributed by atoms with van der Waals surface area (Å²) < 4.78 is 6.32. The van der Waals surface area contributed by atoms with Gasteiger partial charge < -0.3 is 10.3 Å². The first-order chi connectivity index (χ1) is 10.2. The Morgan fingerprint density at radius 2 is 2.05 bits per heavy atom. The Kier molecular flexibility index (Phi) is 3.86. The van der Waals surface area contributed by atoms with Crippen molar-refractivity contribution in [1.29, 1.82) is 0 Å². The van der Waals surface area contributed by atoms with Crippen molar-refractivity contribution in [3.8, 4) is 22.8 Å². The first-order valence-corrected chi connectivity index (χ1v) is 7.36. The minimum absolute atomic E-state index is 0.484. The summed E-state index contributed by atoms with van der Waals surface area (Å²) in [5.74, 6) is 1.06. The van der Waals surface area contributed by atoms with Crippen molar-refractivity contribution in [2.75, 3.05) is 0 Å². The van der Waals surface area contributed by atoms with Crippen LogP contribution >= 0.6 is 15.9 Å². The summed E-state index contributed by atoms with van der Waals surface area (Å²) in [7, 11) is 0. The largest absolute Gasteiger partial charge is 0.334 e. The van der Waals surface area contributed by atoms with Crippen molar-refractivity contribution in [1.82, 2.24) is 10.1 Å². The van der Waals surface area contributed by atoms with Gasteiger partial charge in [0.1, 0.15) is 0 Å². The molecule has 1 heterocycles. The summed E-state index contributed by atoms with van der Waals surface area (Å²) in [5.41, 5.74) is 9.64. The van der Waals surface area contributed by atoms with Crippen LogP contribution < -0.4 is 5.73 Å². The molecule has 0 radical (unpaired) electrons. The maximum absolute atomic E-state index is 5.65. The predicted molar refractivity (Wildman–Crippen MR) is 85.5 cm³/mol. The van der Waals surface area contributed by atoms with Gasteiger partial charge in [0.15, 0.2) is 0 Å². The maximum Gasteiger partial charge on any atom is 0.258 e. The van der Waals surface area contributed by atoms with E-state index in [0.29, 0.717) is 18.3 Å². The molecule has 0 bridgehead atoms. The van der Waals surface area contributed by atoms with Gasteiger partial charge in [0.25, 0.3) is 5.89 Å². The number of nitrogens with two attached hydrogens (primary N) is 1. The third-order valence-electron chi connectivity index (χ3n) is 3.20. The molecule has 3 rings (SSSR count). The third-order valence-corrected chi connectivity index (χ3v) is 3.86. The van der Waals surface area contributed by atoms with E-state index in [0.717, 1.165) is 21.2 Å². The topological polar surface area (TPSA) is 64.9 Å². The number of rotatable bonds is 3. The van der Waals surface area contributed by atoms with Gasteiger partial charge in [0.05, 0.1) is 0 Å². The molecule has 0 fully saturated rings. The van der Waals surface area contributed by atoms with Crippen molar-refractivity contribution in [2.45, 2.75) is 13.5 Å². The Labute approximate surface area is 131 Å². The second-order valence-electron chi connectivity index (χ2n) is 4.81. The van der Waals surface area contributed by atoms with Crippen LogP contribution in [0.15, 0.2) is 51.5 Å². The van der Waals surface area contributed by atoms with Crippen molar-refractivity contribution in [3.05, 3.63) is 58.1 Å². The molecule has 0 aliphatic carbocycles. The van der Waals surface area contributed by atoms with Crippen LogP contribution in [0.5, 0.6) is 0 Å². The number of halogens is 1. The molecule has 0 saturated heterocycles. The van der Waals surface area contributed by atoms with E-state index < -0.39 is 0 Å². The molecule has 21 heavy (non-hydrogen) atoms. The number of aryl methyl sites for hydroxylation is 1. The van der Waals surface area contributed by atoms with E-state index in [-0.39, 0.29) is 0 Å². The van der Waals surface area contributed by atoms with Crippen molar-refractivity contribution >= 4 is 15.9 Å². The van der Waals surface area contributed by atoms with E-state index in [4.69, 9.17) is 10.3 Å². The van der Waals surface area contributed by atoms with Crippen LogP contribution in [0.4, 0.5) is 0 Å². The van der Waals surface area contributed by atoms with Crippen LogP contribution in [-0.2, 0) is 6.54 Å². The number of nitrogens with zero attached hydrogens (tertiary/aromatic N) is 2. The van der Waals surface area contributed by atoms with Crippen molar-refractivity contribution in [2.24, 2.45) is 5.73 Å². The lowest BCUT2D eigenvalue weighted by Gasteiger charge is -2.00. The fraction of sp³-hybridized carbons (Fsp3) is 0.125. The predicted octanol–water partition coefficient (Wildman–Crippen LogP) is 3.93. The number of aromatic nitrogens is 2. The molecule has 0 aliphatic rings. The summed E-state index contributed by atoms with van der Waals surface area (Å²) in [6.45, 7) is 2.52. The molecule has 0 aliphatic heterocycles. The summed E-state index contributed by atoms with van der Waals surface area (Å²) in [5, 5.41) is 4.06. The van der Waals surface area contributed by atoms with Crippen LogP contribution in [0.1, 0.15) is 11.1 Å². The first-order valence-electron chi connectivity index (χ1n) is 6.57. The molecular formula is C16H14BrN3O. The van der Waals surface area contributed by atoms with E-state index in [1.807, 2.05) is 49.4 Å². The third kappa shape index (κ3) is 2.89. The number of hydrogen-bond acceptors (Lipinski definition) is 4. The Morgan fingerprint density at radius 3 is 2.81 bits per heavy atom. The van der Waals surface area contributed by atoms with Crippen LogP contribution in [0, 0.1) is 6.92 Å². The lowest BCUT2D eigenvalue weighted by molar-refractivity contribution is 0.432. The van der Waals surface area contributed by atoms with Crippen molar-refractivity contribution in [3.63, 3.8) is 0 Å². The molecule has 0 amide bonds. The minimum Gasteiger partial charge on any atom is -0.334 e. The molecular weight excluding hydrogens is 330 g/mol. The van der Waals surface area contributed by atoms with Gasteiger partial charge in [0, 0.05) is 22.1 Å². The van der Waals surface area contributed by atoms with Crippen LogP contribution in [0.3, 0.4) is 0 Å². The zero-order chi connectivity index (χ0) is 14.8. The lowest BCUT2D eigenvalue weighted by atomic mass is 10.1. The normalized spacial score (nSPS) is 10.8. The van der Waals surface area contributed by atoms with E-state index in [1.54, 1.807) is 0 Å². The quantitative estimate of drug-likeness (QED) is 0.782. The SMILES string of the molecule is Cc1ccc(-c2noc(-c3cccc(CN)c3)n2)c(Br)c1. The van der Waals surface area contributed by atoms with E-state index in [2.05, 4.69) is 26.1 Å².